The topological polar surface area (TPSA) is 49.3 Å². The standard InChI is InChI=1S/C16H18ClNO2/c17-14-8-9-15(13(11-14)7-4-10-19)18-16(20)12-5-2-1-3-6-12/h8-9,11-12,19H,1-3,5-6,10H2,(H,18,20). The van der Waals surface area contributed by atoms with Gasteiger partial charge in [0.05, 0.1) is 5.69 Å². The van der Waals surface area contributed by atoms with Crippen LogP contribution in [-0.4, -0.2) is 17.6 Å². The van der Waals surface area contributed by atoms with E-state index in [4.69, 9.17) is 16.7 Å². The number of aliphatic hydroxyl groups is 1. The van der Waals surface area contributed by atoms with Gasteiger partial charge in [0.2, 0.25) is 5.91 Å². The van der Waals surface area contributed by atoms with Crippen LogP contribution in [-0.2, 0) is 4.79 Å². The fourth-order valence-electron chi connectivity index (χ4n) is 2.46. The number of rotatable bonds is 2. The third kappa shape index (κ3) is 4.00. The van der Waals surface area contributed by atoms with Crippen LogP contribution >= 0.6 is 11.6 Å². The van der Waals surface area contributed by atoms with E-state index in [1.165, 1.54) is 6.42 Å². The number of hydrogen-bond donors (Lipinski definition) is 2. The molecule has 0 atom stereocenters. The Balaban J connectivity index is 2.13. The van der Waals surface area contributed by atoms with Crippen LogP contribution in [0.25, 0.3) is 0 Å². The Kier molecular flexibility index (Phi) is 5.46. The third-order valence-electron chi connectivity index (χ3n) is 3.52. The second-order valence-corrected chi connectivity index (χ2v) is 5.41. The van der Waals surface area contributed by atoms with Crippen LogP contribution in [0, 0.1) is 17.8 Å². The van der Waals surface area contributed by atoms with Crippen LogP contribution in [0.4, 0.5) is 5.69 Å². The minimum absolute atomic E-state index is 0.0547. The molecule has 0 saturated heterocycles. The summed E-state index contributed by atoms with van der Waals surface area (Å²) in [5, 5.41) is 12.3. The monoisotopic (exact) mass is 291 g/mol. The van der Waals surface area contributed by atoms with Crippen molar-refractivity contribution in [1.29, 1.82) is 0 Å². The van der Waals surface area contributed by atoms with E-state index >= 15 is 0 Å². The lowest BCUT2D eigenvalue weighted by Gasteiger charge is -2.21. The molecule has 1 aliphatic carbocycles. The zero-order chi connectivity index (χ0) is 14.4. The maximum atomic E-state index is 12.2. The van der Waals surface area contributed by atoms with Gasteiger partial charge in [-0.05, 0) is 31.0 Å². The number of amides is 1. The minimum atomic E-state index is -0.220. The highest BCUT2D eigenvalue weighted by Gasteiger charge is 2.21. The molecule has 0 heterocycles. The quantitative estimate of drug-likeness (QED) is 0.822. The van der Waals surface area contributed by atoms with Crippen LogP contribution in [0.1, 0.15) is 37.7 Å². The molecular weight excluding hydrogens is 274 g/mol. The van der Waals surface area contributed by atoms with Gasteiger partial charge in [-0.1, -0.05) is 42.7 Å². The summed E-state index contributed by atoms with van der Waals surface area (Å²) in [6, 6.07) is 5.17. The molecule has 0 spiro atoms. The highest BCUT2D eigenvalue weighted by Crippen LogP contribution is 2.26. The van der Waals surface area contributed by atoms with E-state index in [9.17, 15) is 4.79 Å². The van der Waals surface area contributed by atoms with Gasteiger partial charge in [-0.2, -0.15) is 0 Å². The normalized spacial score (nSPS) is 15.3. The molecule has 1 amide bonds. The Morgan fingerprint density at radius 2 is 2.10 bits per heavy atom. The van der Waals surface area contributed by atoms with Crippen molar-refractivity contribution < 1.29 is 9.90 Å². The second-order valence-electron chi connectivity index (χ2n) is 4.97. The molecule has 0 bridgehead atoms. The van der Waals surface area contributed by atoms with Crippen molar-refractivity contribution in [2.75, 3.05) is 11.9 Å². The first-order chi connectivity index (χ1) is 9.70. The first kappa shape index (κ1) is 14.9. The predicted octanol–water partition coefficient (Wildman–Crippen LogP) is 3.20. The molecule has 106 valence electrons. The van der Waals surface area contributed by atoms with E-state index in [-0.39, 0.29) is 18.4 Å². The lowest BCUT2D eigenvalue weighted by molar-refractivity contribution is -0.120. The van der Waals surface area contributed by atoms with Crippen LogP contribution in [0.5, 0.6) is 0 Å². The molecule has 1 saturated carbocycles. The highest BCUT2D eigenvalue weighted by atomic mass is 35.5. The second kappa shape index (κ2) is 7.33. The summed E-state index contributed by atoms with van der Waals surface area (Å²) >= 11 is 5.94. The fraction of sp³-hybridized carbons (Fsp3) is 0.438. The SMILES string of the molecule is O=C(Nc1ccc(Cl)cc1C#CCO)C1CCCCC1. The van der Waals surface area contributed by atoms with Crippen LogP contribution < -0.4 is 5.32 Å². The van der Waals surface area contributed by atoms with E-state index < -0.39 is 0 Å². The summed E-state index contributed by atoms with van der Waals surface area (Å²) in [7, 11) is 0. The molecule has 0 aromatic heterocycles. The van der Waals surface area contributed by atoms with Crippen LogP contribution in [0.3, 0.4) is 0 Å². The molecule has 0 unspecified atom stereocenters. The molecule has 2 N–H and O–H groups in total. The van der Waals surface area contributed by atoms with E-state index in [0.29, 0.717) is 16.3 Å². The molecule has 1 aromatic carbocycles. The van der Waals surface area contributed by atoms with E-state index in [1.807, 2.05) is 0 Å². The Bertz CT molecular complexity index is 539. The molecule has 3 nitrogen and oxygen atoms in total. The average Bonchev–Trinajstić information content (AvgIpc) is 2.48. The summed E-state index contributed by atoms with van der Waals surface area (Å²) in [5.41, 5.74) is 1.29. The van der Waals surface area contributed by atoms with Gasteiger partial charge in [-0.3, -0.25) is 4.79 Å². The largest absolute Gasteiger partial charge is 0.384 e. The van der Waals surface area contributed by atoms with Crippen LogP contribution in [0.15, 0.2) is 18.2 Å². The molecule has 0 radical (unpaired) electrons. The number of carbonyl (C=O) groups excluding carboxylic acids is 1. The molecular formula is C16H18ClNO2. The number of benzene rings is 1. The zero-order valence-corrected chi connectivity index (χ0v) is 12.0. The van der Waals surface area contributed by atoms with E-state index in [1.54, 1.807) is 18.2 Å². The number of nitrogens with one attached hydrogen (secondary N) is 1. The predicted molar refractivity (Wildman–Crippen MR) is 80.6 cm³/mol. The number of anilines is 1. The minimum Gasteiger partial charge on any atom is -0.384 e. The Labute approximate surface area is 124 Å². The van der Waals surface area contributed by atoms with Gasteiger partial charge >= 0.3 is 0 Å². The first-order valence-electron chi connectivity index (χ1n) is 6.91. The number of halogens is 1. The van der Waals surface area contributed by atoms with Crippen molar-refractivity contribution in [3.8, 4) is 11.8 Å². The van der Waals surface area contributed by atoms with Crippen molar-refractivity contribution >= 4 is 23.2 Å². The number of aliphatic hydroxyl groups excluding tert-OH is 1. The molecule has 1 aliphatic rings. The Morgan fingerprint density at radius 1 is 1.35 bits per heavy atom. The van der Waals surface area contributed by atoms with Gasteiger partial charge in [0.1, 0.15) is 6.61 Å². The first-order valence-corrected chi connectivity index (χ1v) is 7.28. The Hall–Kier alpha value is -1.50. The summed E-state index contributed by atoms with van der Waals surface area (Å²) in [4.78, 5) is 12.2. The molecule has 2 rings (SSSR count). The molecule has 4 heteroatoms. The molecule has 0 aliphatic heterocycles. The van der Waals surface area contributed by atoms with Crippen molar-refractivity contribution in [3.05, 3.63) is 28.8 Å². The van der Waals surface area contributed by atoms with Gasteiger partial charge in [-0.25, -0.2) is 0 Å². The van der Waals surface area contributed by atoms with Gasteiger partial charge in [0, 0.05) is 16.5 Å². The van der Waals surface area contributed by atoms with Crippen molar-refractivity contribution in [2.45, 2.75) is 32.1 Å². The third-order valence-corrected chi connectivity index (χ3v) is 3.75. The summed E-state index contributed by atoms with van der Waals surface area (Å²) in [6.45, 7) is -0.220. The lowest BCUT2D eigenvalue weighted by atomic mass is 9.88. The smallest absolute Gasteiger partial charge is 0.227 e. The molecule has 20 heavy (non-hydrogen) atoms. The van der Waals surface area contributed by atoms with Crippen molar-refractivity contribution in [2.24, 2.45) is 5.92 Å². The van der Waals surface area contributed by atoms with Gasteiger partial charge in [0.25, 0.3) is 0 Å². The number of hydrogen-bond acceptors (Lipinski definition) is 2. The Morgan fingerprint density at radius 3 is 2.80 bits per heavy atom. The molecule has 1 fully saturated rings. The molecule has 1 aromatic rings. The summed E-state index contributed by atoms with van der Waals surface area (Å²) in [5.74, 6) is 5.54. The van der Waals surface area contributed by atoms with E-state index in [0.717, 1.165) is 25.7 Å². The van der Waals surface area contributed by atoms with Crippen molar-refractivity contribution in [3.63, 3.8) is 0 Å². The van der Waals surface area contributed by atoms with Crippen molar-refractivity contribution in [1.82, 2.24) is 0 Å². The highest BCUT2D eigenvalue weighted by molar-refractivity contribution is 6.30. The van der Waals surface area contributed by atoms with Gasteiger partial charge < -0.3 is 10.4 Å². The summed E-state index contributed by atoms with van der Waals surface area (Å²) in [6.07, 6.45) is 5.37. The van der Waals surface area contributed by atoms with Crippen LogP contribution in [0.2, 0.25) is 5.02 Å². The zero-order valence-electron chi connectivity index (χ0n) is 11.3. The maximum Gasteiger partial charge on any atom is 0.227 e. The number of carbonyl (C=O) groups is 1. The van der Waals surface area contributed by atoms with E-state index in [2.05, 4.69) is 17.2 Å². The maximum absolute atomic E-state index is 12.2. The fourth-order valence-corrected chi connectivity index (χ4v) is 2.64. The van der Waals surface area contributed by atoms with Gasteiger partial charge in [-0.15, -0.1) is 0 Å². The van der Waals surface area contributed by atoms with Gasteiger partial charge in [0.15, 0.2) is 0 Å². The lowest BCUT2D eigenvalue weighted by Crippen LogP contribution is -2.25. The summed E-state index contributed by atoms with van der Waals surface area (Å²) < 4.78 is 0. The average molecular weight is 292 g/mol.